The molecule has 0 N–H and O–H groups in total. The zero-order valence-corrected chi connectivity index (χ0v) is 20.4. The topological polar surface area (TPSA) is 59.8 Å². The van der Waals surface area contributed by atoms with Crippen LogP contribution in [0.3, 0.4) is 0 Å². The predicted octanol–water partition coefficient (Wildman–Crippen LogP) is 6.75. The summed E-state index contributed by atoms with van der Waals surface area (Å²) in [7, 11) is 0. The minimum atomic E-state index is -0.334. The highest BCUT2D eigenvalue weighted by Gasteiger charge is 2.35. The number of ether oxygens (including phenoxy) is 1. The molecule has 4 rings (SSSR count). The molecule has 3 aromatic rings. The van der Waals surface area contributed by atoms with E-state index < -0.39 is 0 Å². The van der Waals surface area contributed by atoms with E-state index in [0.717, 1.165) is 44.2 Å². The highest BCUT2D eigenvalue weighted by atomic mass is 79.9. The first-order chi connectivity index (χ1) is 15.3. The molecule has 164 valence electrons. The molecule has 2 aromatic carbocycles. The van der Waals surface area contributed by atoms with E-state index in [-0.39, 0.29) is 24.3 Å². The molecule has 0 spiro atoms. The third-order valence-corrected chi connectivity index (χ3v) is 6.64. The predicted molar refractivity (Wildman–Crippen MR) is 131 cm³/mol. The van der Waals surface area contributed by atoms with Gasteiger partial charge in [-0.3, -0.25) is 14.5 Å². The molecule has 1 aromatic heterocycles. The lowest BCUT2D eigenvalue weighted by Crippen LogP contribution is -2.32. The van der Waals surface area contributed by atoms with Gasteiger partial charge in [-0.05, 0) is 79.6 Å². The SMILES string of the molecule is Cc1ccc(-c2ccc(/C=C3\SC(=O)N(CCOc4cc(C)ccc4C)C3=O)o2)c(Br)c1. The number of furan rings is 1. The van der Waals surface area contributed by atoms with Crippen LogP contribution in [-0.2, 0) is 4.79 Å². The van der Waals surface area contributed by atoms with Crippen LogP contribution < -0.4 is 4.74 Å². The number of halogens is 1. The minimum Gasteiger partial charge on any atom is -0.491 e. The number of thioether (sulfide) groups is 1. The second-order valence-corrected chi connectivity index (χ2v) is 9.48. The van der Waals surface area contributed by atoms with E-state index in [0.29, 0.717) is 16.4 Å². The number of carbonyl (C=O) groups is 2. The molecule has 0 aliphatic carbocycles. The van der Waals surface area contributed by atoms with Crippen molar-refractivity contribution in [1.29, 1.82) is 0 Å². The summed E-state index contributed by atoms with van der Waals surface area (Å²) in [5.41, 5.74) is 4.17. The standard InChI is InChI=1S/C25H22BrNO4S/c1-15-5-8-19(20(26)12-15)21-9-7-18(31-21)14-23-24(28)27(25(29)32-23)10-11-30-22-13-16(2)4-6-17(22)3/h4-9,12-14H,10-11H2,1-3H3/b23-14-. The molecule has 32 heavy (non-hydrogen) atoms. The van der Waals surface area contributed by atoms with Crippen LogP contribution in [0.4, 0.5) is 4.79 Å². The number of carbonyl (C=O) groups excluding carboxylic acids is 2. The van der Waals surface area contributed by atoms with Crippen molar-refractivity contribution < 1.29 is 18.7 Å². The molecule has 0 radical (unpaired) electrons. The van der Waals surface area contributed by atoms with Crippen molar-refractivity contribution in [3.63, 3.8) is 0 Å². The highest BCUT2D eigenvalue weighted by molar-refractivity contribution is 9.10. The monoisotopic (exact) mass is 511 g/mol. The van der Waals surface area contributed by atoms with Gasteiger partial charge in [-0.15, -0.1) is 0 Å². The first kappa shape index (κ1) is 22.4. The van der Waals surface area contributed by atoms with Crippen LogP contribution in [0.2, 0.25) is 0 Å². The number of nitrogens with zero attached hydrogens (tertiary/aromatic N) is 1. The molecule has 1 aliphatic heterocycles. The zero-order chi connectivity index (χ0) is 22.8. The Labute approximate surface area is 199 Å². The number of aryl methyl sites for hydroxylation is 3. The van der Waals surface area contributed by atoms with Gasteiger partial charge in [0.25, 0.3) is 11.1 Å². The Kier molecular flexibility index (Phi) is 6.58. The maximum atomic E-state index is 12.8. The molecule has 1 fully saturated rings. The van der Waals surface area contributed by atoms with Crippen LogP contribution in [0.5, 0.6) is 5.75 Å². The maximum absolute atomic E-state index is 12.8. The van der Waals surface area contributed by atoms with Crippen molar-refractivity contribution in [3.05, 3.63) is 80.4 Å². The molecule has 2 amide bonds. The van der Waals surface area contributed by atoms with Gasteiger partial charge in [-0.2, -0.15) is 0 Å². The van der Waals surface area contributed by atoms with Gasteiger partial charge in [0.05, 0.1) is 11.4 Å². The molecular weight excluding hydrogens is 490 g/mol. The molecule has 1 aliphatic rings. The molecule has 5 nitrogen and oxygen atoms in total. The van der Waals surface area contributed by atoms with Crippen molar-refractivity contribution in [1.82, 2.24) is 4.90 Å². The van der Waals surface area contributed by atoms with Gasteiger partial charge in [0.1, 0.15) is 23.9 Å². The second-order valence-electron chi connectivity index (χ2n) is 7.64. The molecule has 0 saturated carbocycles. The fourth-order valence-corrected chi connectivity index (χ4v) is 4.86. The van der Waals surface area contributed by atoms with Crippen LogP contribution in [0, 0.1) is 20.8 Å². The number of hydrogen-bond acceptors (Lipinski definition) is 5. The van der Waals surface area contributed by atoms with E-state index in [9.17, 15) is 9.59 Å². The third kappa shape index (κ3) is 4.84. The number of benzene rings is 2. The van der Waals surface area contributed by atoms with Gasteiger partial charge < -0.3 is 9.15 Å². The van der Waals surface area contributed by atoms with Gasteiger partial charge in [-0.25, -0.2) is 0 Å². The van der Waals surface area contributed by atoms with Crippen LogP contribution in [0.25, 0.3) is 17.4 Å². The fourth-order valence-electron chi connectivity index (χ4n) is 3.33. The summed E-state index contributed by atoms with van der Waals surface area (Å²) in [4.78, 5) is 26.7. The van der Waals surface area contributed by atoms with Gasteiger partial charge in [0, 0.05) is 16.1 Å². The average Bonchev–Trinajstić information content (AvgIpc) is 3.30. The Bertz CT molecular complexity index is 1230. The van der Waals surface area contributed by atoms with Crippen molar-refractivity contribution in [3.8, 4) is 17.1 Å². The third-order valence-electron chi connectivity index (χ3n) is 5.08. The normalized spacial score (nSPS) is 15.1. The minimum absolute atomic E-state index is 0.190. The summed E-state index contributed by atoms with van der Waals surface area (Å²) in [6, 6.07) is 15.6. The summed E-state index contributed by atoms with van der Waals surface area (Å²) < 4.78 is 12.6. The molecular formula is C25H22BrNO4S. The lowest BCUT2D eigenvalue weighted by Gasteiger charge is -2.14. The summed E-state index contributed by atoms with van der Waals surface area (Å²) in [6.45, 7) is 6.40. The van der Waals surface area contributed by atoms with E-state index in [1.807, 2.05) is 63.2 Å². The van der Waals surface area contributed by atoms with E-state index >= 15 is 0 Å². The average molecular weight is 512 g/mol. The quantitative estimate of drug-likeness (QED) is 0.342. The lowest BCUT2D eigenvalue weighted by molar-refractivity contribution is -0.123. The molecule has 0 bridgehead atoms. The van der Waals surface area contributed by atoms with Gasteiger partial charge >= 0.3 is 0 Å². The molecule has 1 saturated heterocycles. The van der Waals surface area contributed by atoms with Gasteiger partial charge in [-0.1, -0.05) is 34.1 Å². The summed E-state index contributed by atoms with van der Waals surface area (Å²) in [5, 5.41) is -0.307. The number of hydrogen-bond donors (Lipinski definition) is 0. The maximum Gasteiger partial charge on any atom is 0.293 e. The lowest BCUT2D eigenvalue weighted by atomic mass is 10.1. The first-order valence-electron chi connectivity index (χ1n) is 10.1. The Morgan fingerprint density at radius 1 is 1.03 bits per heavy atom. The second kappa shape index (κ2) is 9.38. The van der Waals surface area contributed by atoms with E-state index in [2.05, 4.69) is 15.9 Å². The summed E-state index contributed by atoms with van der Waals surface area (Å²) in [6.07, 6.45) is 1.61. The molecule has 0 atom stereocenters. The van der Waals surface area contributed by atoms with Crippen molar-refractivity contribution in [2.75, 3.05) is 13.2 Å². The van der Waals surface area contributed by atoms with Gasteiger partial charge in [0.15, 0.2) is 0 Å². The molecule has 7 heteroatoms. The molecule has 2 heterocycles. The van der Waals surface area contributed by atoms with Crippen molar-refractivity contribution >= 4 is 44.9 Å². The molecule has 0 unspecified atom stereocenters. The van der Waals surface area contributed by atoms with Crippen molar-refractivity contribution in [2.24, 2.45) is 0 Å². The number of rotatable bonds is 6. The van der Waals surface area contributed by atoms with E-state index in [1.165, 1.54) is 4.90 Å². The summed E-state index contributed by atoms with van der Waals surface area (Å²) >= 11 is 4.47. The highest BCUT2D eigenvalue weighted by Crippen LogP contribution is 2.35. The van der Waals surface area contributed by atoms with Crippen LogP contribution >= 0.6 is 27.7 Å². The Balaban J connectivity index is 1.43. The number of amides is 2. The first-order valence-corrected chi connectivity index (χ1v) is 11.7. The zero-order valence-electron chi connectivity index (χ0n) is 18.0. The number of imide groups is 1. The smallest absolute Gasteiger partial charge is 0.293 e. The Morgan fingerprint density at radius 3 is 2.56 bits per heavy atom. The van der Waals surface area contributed by atoms with E-state index in [1.54, 1.807) is 12.1 Å². The summed E-state index contributed by atoms with van der Waals surface area (Å²) in [5.74, 6) is 1.63. The van der Waals surface area contributed by atoms with Crippen LogP contribution in [0.15, 0.2) is 62.3 Å². The largest absolute Gasteiger partial charge is 0.491 e. The van der Waals surface area contributed by atoms with Gasteiger partial charge in [0.2, 0.25) is 0 Å². The van der Waals surface area contributed by atoms with E-state index in [4.69, 9.17) is 9.15 Å². The van der Waals surface area contributed by atoms with Crippen LogP contribution in [0.1, 0.15) is 22.5 Å². The fraction of sp³-hybridized carbons (Fsp3) is 0.200. The van der Waals surface area contributed by atoms with Crippen LogP contribution in [-0.4, -0.2) is 29.2 Å². The Morgan fingerprint density at radius 2 is 1.78 bits per heavy atom. The Hall–Kier alpha value is -2.77. The van der Waals surface area contributed by atoms with Crippen molar-refractivity contribution in [2.45, 2.75) is 20.8 Å².